The van der Waals surface area contributed by atoms with E-state index in [2.05, 4.69) is 30.1 Å². The van der Waals surface area contributed by atoms with Gasteiger partial charge in [-0.25, -0.2) is 14.8 Å². The van der Waals surface area contributed by atoms with E-state index in [1.54, 1.807) is 22.4 Å². The molecule has 8 nitrogen and oxygen atoms in total. The molecule has 178 valence electrons. The second-order valence-electron chi connectivity index (χ2n) is 8.93. The Hall–Kier alpha value is -4.20. The van der Waals surface area contributed by atoms with Crippen molar-refractivity contribution in [1.29, 1.82) is 0 Å². The highest BCUT2D eigenvalue weighted by Gasteiger charge is 2.17. The second kappa shape index (κ2) is 9.21. The summed E-state index contributed by atoms with van der Waals surface area (Å²) in [4.78, 5) is 22.5. The third kappa shape index (κ3) is 4.47. The van der Waals surface area contributed by atoms with Crippen LogP contribution in [-0.2, 0) is 20.2 Å². The van der Waals surface area contributed by atoms with Gasteiger partial charge >= 0.3 is 5.69 Å². The highest BCUT2D eigenvalue weighted by Crippen LogP contribution is 2.27. The van der Waals surface area contributed by atoms with Crippen LogP contribution in [0, 0.1) is 6.92 Å². The molecule has 0 aliphatic carbocycles. The second-order valence-corrected chi connectivity index (χ2v) is 8.93. The van der Waals surface area contributed by atoms with Crippen LogP contribution in [0.25, 0.3) is 22.6 Å². The molecule has 3 heterocycles. The molecule has 0 spiro atoms. The molecule has 0 N–H and O–H groups in total. The Morgan fingerprint density at radius 2 is 1.86 bits per heavy atom. The SMILES string of the molecule is Cc1cc(COc2ccc(Cn3c(=O)n(C)c4cnc(-c5ccccc5C(C)C)nc43)cc2)no1. The number of hydrogen-bond acceptors (Lipinski definition) is 6. The first-order valence-electron chi connectivity index (χ1n) is 11.6. The summed E-state index contributed by atoms with van der Waals surface area (Å²) in [5.74, 6) is 2.42. The molecule has 0 atom stereocenters. The monoisotopic (exact) mass is 469 g/mol. The fraction of sp³-hybridized carbons (Fsp3) is 0.259. The molecule has 0 bridgehead atoms. The maximum absolute atomic E-state index is 13.1. The Bertz CT molecular complexity index is 1540. The molecule has 8 heteroatoms. The Morgan fingerprint density at radius 1 is 1.09 bits per heavy atom. The van der Waals surface area contributed by atoms with E-state index in [1.807, 2.05) is 55.5 Å². The van der Waals surface area contributed by atoms with Crippen LogP contribution in [0.4, 0.5) is 0 Å². The van der Waals surface area contributed by atoms with E-state index in [1.165, 1.54) is 5.56 Å². The predicted octanol–water partition coefficient (Wildman–Crippen LogP) is 4.84. The molecule has 0 fully saturated rings. The highest BCUT2D eigenvalue weighted by atomic mass is 16.5. The summed E-state index contributed by atoms with van der Waals surface area (Å²) in [5.41, 5.74) is 5.04. The molecular weight excluding hydrogens is 442 g/mol. The van der Waals surface area contributed by atoms with Crippen LogP contribution < -0.4 is 10.4 Å². The number of aryl methyl sites for hydroxylation is 2. The third-order valence-electron chi connectivity index (χ3n) is 6.04. The van der Waals surface area contributed by atoms with Crippen LogP contribution in [0.3, 0.4) is 0 Å². The fourth-order valence-corrected chi connectivity index (χ4v) is 4.17. The van der Waals surface area contributed by atoms with Crippen LogP contribution in [0.15, 0.2) is 70.1 Å². The molecule has 35 heavy (non-hydrogen) atoms. The summed E-state index contributed by atoms with van der Waals surface area (Å²) in [6, 6.07) is 17.7. The van der Waals surface area contributed by atoms with E-state index in [0.717, 1.165) is 28.3 Å². The standard InChI is InChI=1S/C27H27N5O3/c1-17(2)22-7-5-6-8-23(22)25-28-14-24-26(29-25)32(27(33)31(24)4)15-19-9-11-21(12-10-19)34-16-20-13-18(3)35-30-20/h5-14,17H,15-16H2,1-4H3. The summed E-state index contributed by atoms with van der Waals surface area (Å²) in [6.45, 7) is 6.86. The quantitative estimate of drug-likeness (QED) is 0.339. The lowest BCUT2D eigenvalue weighted by atomic mass is 9.97. The molecular formula is C27H27N5O3. The van der Waals surface area contributed by atoms with Gasteiger partial charge in [-0.2, -0.15) is 0 Å². The zero-order chi connectivity index (χ0) is 24.5. The number of nitrogens with zero attached hydrogens (tertiary/aromatic N) is 5. The van der Waals surface area contributed by atoms with Crippen molar-refractivity contribution in [3.63, 3.8) is 0 Å². The number of imidazole rings is 1. The molecule has 5 rings (SSSR count). The van der Waals surface area contributed by atoms with Gasteiger partial charge in [0.1, 0.15) is 29.3 Å². The zero-order valence-corrected chi connectivity index (χ0v) is 20.2. The summed E-state index contributed by atoms with van der Waals surface area (Å²) in [6.07, 6.45) is 1.73. The van der Waals surface area contributed by atoms with E-state index in [4.69, 9.17) is 14.2 Å². The lowest BCUT2D eigenvalue weighted by Gasteiger charge is -2.11. The van der Waals surface area contributed by atoms with Crippen molar-refractivity contribution in [3.8, 4) is 17.1 Å². The molecule has 3 aromatic heterocycles. The molecule has 0 radical (unpaired) electrons. The molecule has 0 saturated carbocycles. The molecule has 0 aliphatic heterocycles. The maximum Gasteiger partial charge on any atom is 0.330 e. The largest absolute Gasteiger partial charge is 0.487 e. The first-order valence-corrected chi connectivity index (χ1v) is 11.6. The number of fused-ring (bicyclic) bond motifs is 1. The number of hydrogen-bond donors (Lipinski definition) is 0. The summed E-state index contributed by atoms with van der Waals surface area (Å²) < 4.78 is 14.1. The summed E-state index contributed by atoms with van der Waals surface area (Å²) >= 11 is 0. The van der Waals surface area contributed by atoms with E-state index in [9.17, 15) is 4.79 Å². The van der Waals surface area contributed by atoms with Crippen molar-refractivity contribution < 1.29 is 9.26 Å². The Kier molecular flexibility index (Phi) is 5.94. The molecule has 0 unspecified atom stereocenters. The van der Waals surface area contributed by atoms with Gasteiger partial charge in [0.25, 0.3) is 0 Å². The third-order valence-corrected chi connectivity index (χ3v) is 6.04. The Balaban J connectivity index is 1.44. The first-order chi connectivity index (χ1) is 16.9. The van der Waals surface area contributed by atoms with Crippen LogP contribution in [0.1, 0.15) is 42.3 Å². The van der Waals surface area contributed by atoms with Gasteiger partial charge in [0.2, 0.25) is 0 Å². The van der Waals surface area contributed by atoms with Gasteiger partial charge in [0.15, 0.2) is 11.5 Å². The van der Waals surface area contributed by atoms with Crippen LogP contribution in [0.2, 0.25) is 0 Å². The summed E-state index contributed by atoms with van der Waals surface area (Å²) in [7, 11) is 1.74. The Morgan fingerprint density at radius 3 is 2.57 bits per heavy atom. The lowest BCUT2D eigenvalue weighted by molar-refractivity contribution is 0.288. The number of ether oxygens (including phenoxy) is 1. The minimum Gasteiger partial charge on any atom is -0.487 e. The van der Waals surface area contributed by atoms with E-state index >= 15 is 0 Å². The van der Waals surface area contributed by atoms with Crippen LogP contribution in [0.5, 0.6) is 5.75 Å². The molecule has 0 amide bonds. The van der Waals surface area contributed by atoms with Crippen molar-refractivity contribution in [1.82, 2.24) is 24.3 Å². The fourth-order valence-electron chi connectivity index (χ4n) is 4.17. The molecule has 0 saturated heterocycles. The number of aromatic nitrogens is 5. The van der Waals surface area contributed by atoms with Crippen molar-refractivity contribution in [2.75, 3.05) is 0 Å². The molecule has 5 aromatic rings. The normalized spacial score (nSPS) is 11.5. The first kappa shape index (κ1) is 22.6. The van der Waals surface area contributed by atoms with Gasteiger partial charge in [-0.15, -0.1) is 0 Å². The average molecular weight is 470 g/mol. The zero-order valence-electron chi connectivity index (χ0n) is 20.2. The van der Waals surface area contributed by atoms with Crippen LogP contribution >= 0.6 is 0 Å². The Labute approximate surface area is 202 Å². The average Bonchev–Trinajstić information content (AvgIpc) is 3.39. The van der Waals surface area contributed by atoms with Gasteiger partial charge < -0.3 is 9.26 Å². The lowest BCUT2D eigenvalue weighted by Crippen LogP contribution is -2.22. The van der Waals surface area contributed by atoms with Gasteiger partial charge in [-0.1, -0.05) is 55.4 Å². The summed E-state index contributed by atoms with van der Waals surface area (Å²) in [5, 5.41) is 3.94. The predicted molar refractivity (Wildman–Crippen MR) is 133 cm³/mol. The molecule has 0 aliphatic rings. The van der Waals surface area contributed by atoms with E-state index in [-0.39, 0.29) is 5.69 Å². The van der Waals surface area contributed by atoms with Gasteiger partial charge in [0.05, 0.1) is 12.7 Å². The minimum atomic E-state index is -0.134. The minimum absolute atomic E-state index is 0.134. The van der Waals surface area contributed by atoms with E-state index < -0.39 is 0 Å². The molecule has 2 aromatic carbocycles. The number of rotatable bonds is 7. The van der Waals surface area contributed by atoms with Crippen molar-refractivity contribution in [2.45, 2.75) is 39.8 Å². The van der Waals surface area contributed by atoms with Gasteiger partial charge in [-0.3, -0.25) is 9.13 Å². The van der Waals surface area contributed by atoms with Crippen LogP contribution in [-0.4, -0.2) is 24.3 Å². The van der Waals surface area contributed by atoms with E-state index in [0.29, 0.717) is 36.1 Å². The van der Waals surface area contributed by atoms with Gasteiger partial charge in [-0.05, 0) is 36.1 Å². The maximum atomic E-state index is 13.1. The van der Waals surface area contributed by atoms with Crippen molar-refractivity contribution in [2.24, 2.45) is 7.05 Å². The number of benzene rings is 2. The van der Waals surface area contributed by atoms with Crippen molar-refractivity contribution in [3.05, 3.63) is 93.9 Å². The smallest absolute Gasteiger partial charge is 0.330 e. The highest BCUT2D eigenvalue weighted by molar-refractivity contribution is 5.74. The van der Waals surface area contributed by atoms with Crippen molar-refractivity contribution >= 4 is 11.2 Å². The van der Waals surface area contributed by atoms with Gasteiger partial charge in [0, 0.05) is 18.7 Å². The topological polar surface area (TPSA) is 88.0 Å².